The van der Waals surface area contributed by atoms with Crippen molar-refractivity contribution >= 4 is 23.2 Å². The van der Waals surface area contributed by atoms with Crippen molar-refractivity contribution in [2.75, 3.05) is 0 Å². The SMILES string of the molecule is Cc1ccc(CC(NN)c2cccc(Cl)c2Cl)cc1. The largest absolute Gasteiger partial charge is 0.271 e. The molecule has 0 heterocycles. The molecule has 0 aliphatic rings. The Morgan fingerprint density at radius 2 is 1.79 bits per heavy atom. The molecule has 2 rings (SSSR count). The van der Waals surface area contributed by atoms with E-state index in [4.69, 9.17) is 29.0 Å². The van der Waals surface area contributed by atoms with Crippen molar-refractivity contribution in [2.45, 2.75) is 19.4 Å². The van der Waals surface area contributed by atoms with Gasteiger partial charge in [0, 0.05) is 0 Å². The Hall–Kier alpha value is -1.06. The molecule has 0 saturated carbocycles. The Morgan fingerprint density at radius 3 is 2.42 bits per heavy atom. The van der Waals surface area contributed by atoms with Crippen molar-refractivity contribution in [2.24, 2.45) is 5.84 Å². The van der Waals surface area contributed by atoms with Gasteiger partial charge >= 0.3 is 0 Å². The van der Waals surface area contributed by atoms with E-state index in [0.29, 0.717) is 10.0 Å². The van der Waals surface area contributed by atoms with Gasteiger partial charge in [0.05, 0.1) is 16.1 Å². The van der Waals surface area contributed by atoms with E-state index in [1.807, 2.05) is 12.1 Å². The van der Waals surface area contributed by atoms with Crippen LogP contribution in [-0.2, 0) is 6.42 Å². The van der Waals surface area contributed by atoms with Crippen molar-refractivity contribution in [1.82, 2.24) is 5.43 Å². The summed E-state index contributed by atoms with van der Waals surface area (Å²) in [4.78, 5) is 0. The van der Waals surface area contributed by atoms with Crippen LogP contribution in [0.2, 0.25) is 10.0 Å². The van der Waals surface area contributed by atoms with E-state index in [-0.39, 0.29) is 6.04 Å². The van der Waals surface area contributed by atoms with Gasteiger partial charge in [-0.1, -0.05) is 65.2 Å². The van der Waals surface area contributed by atoms with Crippen LogP contribution in [0, 0.1) is 6.92 Å². The van der Waals surface area contributed by atoms with Gasteiger partial charge in [-0.05, 0) is 30.5 Å². The van der Waals surface area contributed by atoms with Crippen LogP contribution in [0.5, 0.6) is 0 Å². The second kappa shape index (κ2) is 6.40. The zero-order valence-electron chi connectivity index (χ0n) is 10.7. The number of nitrogens with one attached hydrogen (secondary N) is 1. The molecule has 0 fully saturated rings. The molecule has 2 aromatic carbocycles. The van der Waals surface area contributed by atoms with Gasteiger partial charge in [-0.3, -0.25) is 11.3 Å². The highest BCUT2D eigenvalue weighted by molar-refractivity contribution is 6.42. The first kappa shape index (κ1) is 14.4. The second-order valence-electron chi connectivity index (χ2n) is 4.55. The summed E-state index contributed by atoms with van der Waals surface area (Å²) >= 11 is 12.3. The molecule has 0 spiro atoms. The van der Waals surface area contributed by atoms with Crippen LogP contribution in [0.3, 0.4) is 0 Å². The lowest BCUT2D eigenvalue weighted by Gasteiger charge is -2.18. The first-order valence-corrected chi connectivity index (χ1v) is 6.83. The minimum atomic E-state index is -0.0612. The average Bonchev–Trinajstić information content (AvgIpc) is 2.42. The van der Waals surface area contributed by atoms with Crippen molar-refractivity contribution in [3.8, 4) is 0 Å². The summed E-state index contributed by atoms with van der Waals surface area (Å²) in [5.74, 6) is 5.65. The lowest BCUT2D eigenvalue weighted by atomic mass is 9.99. The van der Waals surface area contributed by atoms with E-state index in [1.165, 1.54) is 11.1 Å². The molecule has 2 aromatic rings. The molecule has 0 radical (unpaired) electrons. The minimum absolute atomic E-state index is 0.0612. The van der Waals surface area contributed by atoms with Crippen molar-refractivity contribution in [1.29, 1.82) is 0 Å². The maximum absolute atomic E-state index is 6.23. The van der Waals surface area contributed by atoms with Gasteiger partial charge in [0.1, 0.15) is 0 Å². The quantitative estimate of drug-likeness (QED) is 0.659. The zero-order valence-corrected chi connectivity index (χ0v) is 12.2. The molecule has 100 valence electrons. The molecule has 0 saturated heterocycles. The molecule has 0 amide bonds. The zero-order chi connectivity index (χ0) is 13.8. The fourth-order valence-corrected chi connectivity index (χ4v) is 2.45. The first-order valence-electron chi connectivity index (χ1n) is 6.07. The summed E-state index contributed by atoms with van der Waals surface area (Å²) in [6.07, 6.45) is 0.761. The number of rotatable bonds is 4. The maximum Gasteiger partial charge on any atom is 0.0640 e. The molecule has 1 atom stereocenters. The van der Waals surface area contributed by atoms with Gasteiger partial charge in [-0.15, -0.1) is 0 Å². The summed E-state index contributed by atoms with van der Waals surface area (Å²) in [7, 11) is 0. The van der Waals surface area contributed by atoms with Gasteiger partial charge in [0.15, 0.2) is 0 Å². The van der Waals surface area contributed by atoms with Gasteiger partial charge in [0.2, 0.25) is 0 Å². The molecule has 4 heteroatoms. The summed E-state index contributed by atoms with van der Waals surface area (Å²) in [5, 5.41) is 1.10. The fourth-order valence-electron chi connectivity index (χ4n) is 2.01. The summed E-state index contributed by atoms with van der Waals surface area (Å²) in [6, 6.07) is 13.9. The van der Waals surface area contributed by atoms with E-state index in [0.717, 1.165) is 12.0 Å². The molecule has 0 bridgehead atoms. The van der Waals surface area contributed by atoms with E-state index in [1.54, 1.807) is 6.07 Å². The molecule has 0 aliphatic carbocycles. The second-order valence-corrected chi connectivity index (χ2v) is 5.34. The first-order chi connectivity index (χ1) is 9.11. The number of hydrogen-bond donors (Lipinski definition) is 2. The van der Waals surface area contributed by atoms with Gasteiger partial charge in [-0.2, -0.15) is 0 Å². The van der Waals surface area contributed by atoms with Crippen LogP contribution in [0.4, 0.5) is 0 Å². The lowest BCUT2D eigenvalue weighted by Crippen LogP contribution is -2.29. The summed E-state index contributed by atoms with van der Waals surface area (Å²) < 4.78 is 0. The molecular weight excluding hydrogens is 279 g/mol. The van der Waals surface area contributed by atoms with Crippen molar-refractivity contribution < 1.29 is 0 Å². The third-order valence-electron chi connectivity index (χ3n) is 3.12. The predicted molar refractivity (Wildman–Crippen MR) is 81.4 cm³/mol. The van der Waals surface area contributed by atoms with E-state index < -0.39 is 0 Å². The fraction of sp³-hybridized carbons (Fsp3) is 0.200. The molecular formula is C15H16Cl2N2. The van der Waals surface area contributed by atoms with Gasteiger partial charge in [-0.25, -0.2) is 0 Å². The molecule has 1 unspecified atom stereocenters. The number of hydrazine groups is 1. The molecule has 3 N–H and O–H groups in total. The molecule has 0 aliphatic heterocycles. The van der Waals surface area contributed by atoms with Gasteiger partial charge < -0.3 is 0 Å². The highest BCUT2D eigenvalue weighted by Gasteiger charge is 2.15. The Morgan fingerprint density at radius 1 is 1.11 bits per heavy atom. The number of halogens is 2. The van der Waals surface area contributed by atoms with Crippen LogP contribution in [-0.4, -0.2) is 0 Å². The number of benzene rings is 2. The number of hydrogen-bond acceptors (Lipinski definition) is 2. The highest BCUT2D eigenvalue weighted by Crippen LogP contribution is 2.31. The van der Waals surface area contributed by atoms with Crippen molar-refractivity contribution in [3.05, 3.63) is 69.2 Å². The molecule has 19 heavy (non-hydrogen) atoms. The third kappa shape index (κ3) is 3.48. The predicted octanol–water partition coefficient (Wildman–Crippen LogP) is 4.05. The van der Waals surface area contributed by atoms with Crippen LogP contribution >= 0.6 is 23.2 Å². The number of aryl methyl sites for hydroxylation is 1. The number of nitrogens with two attached hydrogens (primary N) is 1. The summed E-state index contributed by atoms with van der Waals surface area (Å²) in [6.45, 7) is 2.07. The highest BCUT2D eigenvalue weighted by atomic mass is 35.5. The smallest absolute Gasteiger partial charge is 0.0640 e. The Balaban J connectivity index is 2.25. The Bertz CT molecular complexity index is 553. The van der Waals surface area contributed by atoms with Crippen LogP contribution in [0.15, 0.2) is 42.5 Å². The molecule has 2 nitrogen and oxygen atoms in total. The van der Waals surface area contributed by atoms with Crippen LogP contribution < -0.4 is 11.3 Å². The van der Waals surface area contributed by atoms with Crippen LogP contribution in [0.25, 0.3) is 0 Å². The Kier molecular flexibility index (Phi) is 4.83. The van der Waals surface area contributed by atoms with E-state index >= 15 is 0 Å². The molecule has 0 aromatic heterocycles. The Labute approximate surface area is 123 Å². The third-order valence-corrected chi connectivity index (χ3v) is 3.95. The summed E-state index contributed by atoms with van der Waals surface area (Å²) in [5.41, 5.74) is 6.16. The monoisotopic (exact) mass is 294 g/mol. The standard InChI is InChI=1S/C15H16Cl2N2/c1-10-5-7-11(8-6-10)9-14(19-18)12-3-2-4-13(16)15(12)17/h2-8,14,19H,9,18H2,1H3. The topological polar surface area (TPSA) is 38.0 Å². The van der Waals surface area contributed by atoms with Crippen LogP contribution in [0.1, 0.15) is 22.7 Å². The normalized spacial score (nSPS) is 12.4. The van der Waals surface area contributed by atoms with Gasteiger partial charge in [0.25, 0.3) is 0 Å². The maximum atomic E-state index is 6.23. The minimum Gasteiger partial charge on any atom is -0.271 e. The average molecular weight is 295 g/mol. The van der Waals surface area contributed by atoms with E-state index in [2.05, 4.69) is 36.6 Å². The van der Waals surface area contributed by atoms with E-state index in [9.17, 15) is 0 Å². The van der Waals surface area contributed by atoms with Crippen molar-refractivity contribution in [3.63, 3.8) is 0 Å². The lowest BCUT2D eigenvalue weighted by molar-refractivity contribution is 0.552.